The Balaban J connectivity index is 1.91. The standard InChI is InChI=1S/C18H14F3N3/c19-12-3-1-11(2-4-12)18-14-10-22-8-7-16(14)24(23-18)17-6-5-13(20)9-15(17)21/h1-6,9,22H,7-8,10H2. The number of fused-ring (bicyclic) bond motifs is 1. The van der Waals surface area contributed by atoms with Crippen molar-refractivity contribution in [3.63, 3.8) is 0 Å². The maximum atomic E-state index is 14.2. The summed E-state index contributed by atoms with van der Waals surface area (Å²) in [4.78, 5) is 0. The summed E-state index contributed by atoms with van der Waals surface area (Å²) in [5, 5.41) is 7.81. The summed E-state index contributed by atoms with van der Waals surface area (Å²) in [5.41, 5.74) is 3.50. The Morgan fingerprint density at radius 3 is 2.46 bits per heavy atom. The van der Waals surface area contributed by atoms with Crippen LogP contribution in [0.2, 0.25) is 0 Å². The van der Waals surface area contributed by atoms with Gasteiger partial charge in [0.2, 0.25) is 0 Å². The average Bonchev–Trinajstić information content (AvgIpc) is 2.95. The Morgan fingerprint density at radius 1 is 0.958 bits per heavy atom. The van der Waals surface area contributed by atoms with E-state index in [1.54, 1.807) is 12.1 Å². The van der Waals surface area contributed by atoms with E-state index < -0.39 is 11.6 Å². The van der Waals surface area contributed by atoms with Gasteiger partial charge in [0.1, 0.15) is 17.3 Å². The fraction of sp³-hybridized carbons (Fsp3) is 0.167. The van der Waals surface area contributed by atoms with Crippen LogP contribution in [0.1, 0.15) is 11.3 Å². The SMILES string of the molecule is Fc1ccc(-c2nn(-c3ccc(F)cc3F)c3c2CNCC3)cc1. The summed E-state index contributed by atoms with van der Waals surface area (Å²) in [6.07, 6.45) is 0.681. The number of nitrogens with one attached hydrogen (secondary N) is 1. The molecule has 4 rings (SSSR count). The topological polar surface area (TPSA) is 29.9 Å². The van der Waals surface area contributed by atoms with Crippen LogP contribution in [0.25, 0.3) is 16.9 Å². The molecule has 1 aliphatic heterocycles. The predicted octanol–water partition coefficient (Wildman–Crippen LogP) is 3.60. The summed E-state index contributed by atoms with van der Waals surface area (Å²) >= 11 is 0. The Hall–Kier alpha value is -2.60. The summed E-state index contributed by atoms with van der Waals surface area (Å²) in [6.45, 7) is 1.36. The summed E-state index contributed by atoms with van der Waals surface area (Å²) in [6, 6.07) is 9.49. The highest BCUT2D eigenvalue weighted by molar-refractivity contribution is 5.65. The maximum absolute atomic E-state index is 14.2. The molecule has 0 radical (unpaired) electrons. The first-order valence-electron chi connectivity index (χ1n) is 7.66. The molecule has 0 saturated carbocycles. The van der Waals surface area contributed by atoms with Crippen molar-refractivity contribution in [3.8, 4) is 16.9 Å². The van der Waals surface area contributed by atoms with Crippen LogP contribution in [0.4, 0.5) is 13.2 Å². The Kier molecular flexibility index (Phi) is 3.61. The van der Waals surface area contributed by atoms with E-state index in [1.807, 2.05) is 0 Å². The molecule has 2 heterocycles. The predicted molar refractivity (Wildman–Crippen MR) is 84.3 cm³/mol. The lowest BCUT2D eigenvalue weighted by atomic mass is 10.0. The summed E-state index contributed by atoms with van der Waals surface area (Å²) < 4.78 is 42.1. The van der Waals surface area contributed by atoms with Gasteiger partial charge in [0.25, 0.3) is 0 Å². The number of benzene rings is 2. The van der Waals surface area contributed by atoms with Gasteiger partial charge >= 0.3 is 0 Å². The molecule has 1 aromatic heterocycles. The van der Waals surface area contributed by atoms with E-state index >= 15 is 0 Å². The summed E-state index contributed by atoms with van der Waals surface area (Å²) in [5.74, 6) is -1.61. The smallest absolute Gasteiger partial charge is 0.151 e. The Labute approximate surface area is 136 Å². The molecule has 6 heteroatoms. The molecule has 24 heavy (non-hydrogen) atoms. The zero-order valence-electron chi connectivity index (χ0n) is 12.7. The molecule has 2 aromatic carbocycles. The van der Waals surface area contributed by atoms with Crippen LogP contribution >= 0.6 is 0 Å². The average molecular weight is 329 g/mol. The van der Waals surface area contributed by atoms with Crippen LogP contribution in [0.3, 0.4) is 0 Å². The van der Waals surface area contributed by atoms with E-state index in [0.29, 0.717) is 18.7 Å². The van der Waals surface area contributed by atoms with Crippen molar-refractivity contribution in [1.29, 1.82) is 0 Å². The second-order valence-corrected chi connectivity index (χ2v) is 5.72. The first kappa shape index (κ1) is 15.0. The van der Waals surface area contributed by atoms with Crippen molar-refractivity contribution in [2.75, 3.05) is 6.54 Å². The minimum atomic E-state index is -0.663. The second kappa shape index (κ2) is 5.79. The van der Waals surface area contributed by atoms with E-state index in [1.165, 1.54) is 28.9 Å². The van der Waals surface area contributed by atoms with Crippen molar-refractivity contribution in [3.05, 3.63) is 71.2 Å². The third-order valence-corrected chi connectivity index (χ3v) is 4.19. The fourth-order valence-electron chi connectivity index (χ4n) is 3.04. The van der Waals surface area contributed by atoms with E-state index in [9.17, 15) is 13.2 Å². The molecule has 0 fully saturated rings. The fourth-order valence-corrected chi connectivity index (χ4v) is 3.04. The van der Waals surface area contributed by atoms with Crippen molar-refractivity contribution >= 4 is 0 Å². The minimum Gasteiger partial charge on any atom is -0.312 e. The quantitative estimate of drug-likeness (QED) is 0.778. The first-order valence-corrected chi connectivity index (χ1v) is 7.66. The normalized spacial score (nSPS) is 13.8. The van der Waals surface area contributed by atoms with Crippen molar-refractivity contribution < 1.29 is 13.2 Å². The van der Waals surface area contributed by atoms with Gasteiger partial charge in [0.15, 0.2) is 5.82 Å². The molecular weight excluding hydrogens is 315 g/mol. The van der Waals surface area contributed by atoms with Gasteiger partial charge in [-0.25, -0.2) is 17.9 Å². The van der Waals surface area contributed by atoms with Gasteiger partial charge in [-0.1, -0.05) is 0 Å². The largest absolute Gasteiger partial charge is 0.312 e. The molecule has 0 unspecified atom stereocenters. The van der Waals surface area contributed by atoms with Crippen molar-refractivity contribution in [2.24, 2.45) is 0 Å². The molecule has 3 aromatic rings. The molecular formula is C18H14F3N3. The molecule has 0 atom stereocenters. The van der Waals surface area contributed by atoms with Crippen LogP contribution in [0, 0.1) is 17.5 Å². The monoisotopic (exact) mass is 329 g/mol. The van der Waals surface area contributed by atoms with Crippen LogP contribution in [-0.4, -0.2) is 16.3 Å². The lowest BCUT2D eigenvalue weighted by Crippen LogP contribution is -2.24. The first-order chi connectivity index (χ1) is 11.6. The highest BCUT2D eigenvalue weighted by Crippen LogP contribution is 2.30. The maximum Gasteiger partial charge on any atom is 0.151 e. The van der Waals surface area contributed by atoms with Gasteiger partial charge in [-0.3, -0.25) is 0 Å². The zero-order valence-corrected chi connectivity index (χ0v) is 12.7. The number of aromatic nitrogens is 2. The Bertz CT molecular complexity index is 901. The van der Waals surface area contributed by atoms with E-state index in [-0.39, 0.29) is 11.5 Å². The van der Waals surface area contributed by atoms with Crippen LogP contribution in [0.15, 0.2) is 42.5 Å². The zero-order chi connectivity index (χ0) is 16.7. The van der Waals surface area contributed by atoms with Crippen molar-refractivity contribution in [2.45, 2.75) is 13.0 Å². The third kappa shape index (κ3) is 2.49. The molecule has 0 saturated heterocycles. The van der Waals surface area contributed by atoms with E-state index in [0.717, 1.165) is 29.4 Å². The highest BCUT2D eigenvalue weighted by Gasteiger charge is 2.23. The van der Waals surface area contributed by atoms with Gasteiger partial charge in [0, 0.05) is 36.7 Å². The van der Waals surface area contributed by atoms with E-state index in [2.05, 4.69) is 10.4 Å². The number of hydrogen-bond donors (Lipinski definition) is 1. The van der Waals surface area contributed by atoms with Gasteiger partial charge in [0.05, 0.1) is 11.4 Å². The number of halogens is 3. The lowest BCUT2D eigenvalue weighted by molar-refractivity contribution is 0.566. The molecule has 0 aliphatic carbocycles. The second-order valence-electron chi connectivity index (χ2n) is 5.72. The molecule has 3 nitrogen and oxygen atoms in total. The number of nitrogens with zero attached hydrogens (tertiary/aromatic N) is 2. The molecule has 122 valence electrons. The minimum absolute atomic E-state index is 0.211. The molecule has 0 bridgehead atoms. The lowest BCUT2D eigenvalue weighted by Gasteiger charge is -2.16. The third-order valence-electron chi connectivity index (χ3n) is 4.19. The summed E-state index contributed by atoms with van der Waals surface area (Å²) in [7, 11) is 0. The van der Waals surface area contributed by atoms with Gasteiger partial charge in [-0.15, -0.1) is 0 Å². The molecule has 1 aliphatic rings. The van der Waals surface area contributed by atoms with Crippen LogP contribution in [0.5, 0.6) is 0 Å². The highest BCUT2D eigenvalue weighted by atomic mass is 19.1. The van der Waals surface area contributed by atoms with E-state index in [4.69, 9.17) is 0 Å². The van der Waals surface area contributed by atoms with Gasteiger partial charge in [-0.2, -0.15) is 5.10 Å². The molecule has 1 N–H and O–H groups in total. The van der Waals surface area contributed by atoms with Crippen LogP contribution in [-0.2, 0) is 13.0 Å². The molecule has 0 amide bonds. The van der Waals surface area contributed by atoms with Crippen LogP contribution < -0.4 is 5.32 Å². The molecule has 0 spiro atoms. The number of hydrogen-bond acceptors (Lipinski definition) is 2. The van der Waals surface area contributed by atoms with Gasteiger partial charge in [-0.05, 0) is 36.4 Å². The van der Waals surface area contributed by atoms with Crippen molar-refractivity contribution in [1.82, 2.24) is 15.1 Å². The Morgan fingerprint density at radius 2 is 1.71 bits per heavy atom. The van der Waals surface area contributed by atoms with Gasteiger partial charge < -0.3 is 5.32 Å². The number of rotatable bonds is 2.